The van der Waals surface area contributed by atoms with Gasteiger partial charge in [-0.05, 0) is 124 Å². The summed E-state index contributed by atoms with van der Waals surface area (Å²) < 4.78 is 89.6. The number of fused-ring (bicyclic) bond motifs is 1. The van der Waals surface area contributed by atoms with Crippen LogP contribution in [0.1, 0.15) is 153 Å². The number of alkyl halides is 6. The summed E-state index contributed by atoms with van der Waals surface area (Å²) in [6, 6.07) is -4.62. The molecule has 12 amide bonds. The molecule has 0 aromatic heterocycles. The first-order valence-electron chi connectivity index (χ1n) is 38.0. The van der Waals surface area contributed by atoms with Gasteiger partial charge in [0, 0.05) is 74.9 Å². The van der Waals surface area contributed by atoms with Gasteiger partial charge in [0.25, 0.3) is 0 Å². The van der Waals surface area contributed by atoms with Crippen molar-refractivity contribution < 1.29 is 88.6 Å². The second-order valence-electron chi connectivity index (χ2n) is 30.4. The third-order valence-electron chi connectivity index (χ3n) is 22.3. The van der Waals surface area contributed by atoms with Crippen molar-refractivity contribution in [1.82, 2.24) is 60.0 Å². The molecule has 32 heteroatoms. The number of benzene rings is 2. The lowest BCUT2D eigenvalue weighted by Crippen LogP contribution is -2.65. The fourth-order valence-electron chi connectivity index (χ4n) is 15.6. The first-order valence-corrected chi connectivity index (χ1v) is 38.4. The number of morpholine rings is 1. The molecule has 1 spiro atoms. The maximum Gasteiger partial charge on any atom is 0.417 e. The molecule has 0 bridgehead atoms. The minimum Gasteiger partial charge on any atom is -0.378 e. The highest BCUT2D eigenvalue weighted by Gasteiger charge is 2.52. The smallest absolute Gasteiger partial charge is 0.378 e. The van der Waals surface area contributed by atoms with Gasteiger partial charge in [-0.1, -0.05) is 102 Å². The van der Waals surface area contributed by atoms with Crippen LogP contribution in [0.4, 0.5) is 26.3 Å². The Balaban J connectivity index is 1.35. The van der Waals surface area contributed by atoms with Crippen molar-refractivity contribution in [3.63, 3.8) is 0 Å². The quantitative estimate of drug-likeness (QED) is 0.112. The topological polar surface area (TPSA) is 279 Å². The molecule has 9 atom stereocenters. The van der Waals surface area contributed by atoms with Crippen molar-refractivity contribution in [2.24, 2.45) is 17.8 Å². The molecule has 5 aliphatic rings. The zero-order valence-corrected chi connectivity index (χ0v) is 65.6. The zero-order chi connectivity index (χ0) is 81.4. The van der Waals surface area contributed by atoms with Gasteiger partial charge in [0.15, 0.2) is 0 Å². The fourth-order valence-corrected chi connectivity index (χ4v) is 15.9. The Bertz CT molecular complexity index is 3660. The number of carbonyl (C=O) groups is 12. The van der Waals surface area contributed by atoms with Crippen LogP contribution in [0, 0.1) is 17.8 Å². The van der Waals surface area contributed by atoms with Crippen molar-refractivity contribution in [2.45, 2.75) is 209 Å². The number of nitrogens with zero attached hydrogens (tertiary/aromatic N) is 9. The van der Waals surface area contributed by atoms with Crippen molar-refractivity contribution in [2.75, 3.05) is 94.8 Å². The van der Waals surface area contributed by atoms with Crippen LogP contribution in [-0.2, 0) is 87.5 Å². The second kappa shape index (κ2) is 39.0. The first-order chi connectivity index (χ1) is 51.8. The van der Waals surface area contributed by atoms with Crippen LogP contribution in [0.25, 0.3) is 0 Å². The van der Waals surface area contributed by atoms with Gasteiger partial charge in [-0.3, -0.25) is 57.5 Å². The molecule has 3 saturated heterocycles. The third kappa shape index (κ3) is 21.9. The average molecular weight is 1570 g/mol. The standard InChI is InChI=1S/C78H109ClF6N12O13/c1-13-16-24-58-72(106)96(36-14-2)61(44-51-26-30-53(31-27-51)77(80,81)82)70(104)89(7)46-62(98)86-56(33-29-50-28-32-54(55(79)43-50)78(83,84)85)69(103)97-37-21-25-57(97)68(102)88-76(34-19-20-35-76)75(109)94(12)66(52-22-17-18-23-52)74(108)93(11)60(71(105)95-38-40-110-41-39-95)45-63(99)92(10)59(42-48(4)5)67(101)87-65(49(6)15-3)73(107)90(8)47-64(100)91(58)9/h13-14,26-28,30-32,43,48-49,52,56-61,65-66H,1-2,15-25,29,33-42,44-47H2,3-12H3,(H,86,98)(H,87,101)(H,88,102)/t49?,56-,57-,58-,59-,60-,61-,65+,66-/m0/s1. The molecule has 2 aliphatic carbocycles. The summed E-state index contributed by atoms with van der Waals surface area (Å²) in [4.78, 5) is 193. The first kappa shape index (κ1) is 88.6. The lowest BCUT2D eigenvalue weighted by atomic mass is 9.90. The van der Waals surface area contributed by atoms with Gasteiger partial charge in [-0.15, -0.1) is 13.2 Å². The number of hydrogen-bond acceptors (Lipinski definition) is 13. The summed E-state index contributed by atoms with van der Waals surface area (Å²) in [6.45, 7) is 13.2. The van der Waals surface area contributed by atoms with E-state index in [1.807, 2.05) is 13.8 Å². The number of aryl methyl sites for hydroxylation is 1. The van der Waals surface area contributed by atoms with Gasteiger partial charge >= 0.3 is 12.4 Å². The van der Waals surface area contributed by atoms with Crippen LogP contribution in [-0.4, -0.2) is 264 Å². The molecule has 0 radical (unpaired) electrons. The average Bonchev–Trinajstić information content (AvgIpc) is 1.30. The molecule has 2 saturated carbocycles. The Morgan fingerprint density at radius 1 is 0.655 bits per heavy atom. The van der Waals surface area contributed by atoms with Crippen molar-refractivity contribution in [3.8, 4) is 0 Å². The molecule has 3 heterocycles. The summed E-state index contributed by atoms with van der Waals surface area (Å²) in [5.74, 6) is -10.7. The van der Waals surface area contributed by atoms with E-state index in [4.69, 9.17) is 16.3 Å². The zero-order valence-electron chi connectivity index (χ0n) is 64.8. The summed E-state index contributed by atoms with van der Waals surface area (Å²) in [7, 11) is 8.04. The molecule has 2 aromatic rings. The number of hydrogen-bond donors (Lipinski definition) is 3. The van der Waals surface area contributed by atoms with Crippen molar-refractivity contribution >= 4 is 82.5 Å². The molecule has 2 aromatic carbocycles. The van der Waals surface area contributed by atoms with E-state index in [0.29, 0.717) is 44.9 Å². The highest BCUT2D eigenvalue weighted by Crippen LogP contribution is 2.39. The van der Waals surface area contributed by atoms with Gasteiger partial charge in [-0.2, -0.15) is 26.3 Å². The van der Waals surface area contributed by atoms with Gasteiger partial charge < -0.3 is 64.8 Å². The van der Waals surface area contributed by atoms with Gasteiger partial charge in [-0.25, -0.2) is 0 Å². The maximum absolute atomic E-state index is 15.8. The molecular weight excluding hydrogens is 1460 g/mol. The number of halogens is 7. The normalized spacial score (nSPS) is 25.2. The van der Waals surface area contributed by atoms with Crippen LogP contribution in [0.15, 0.2) is 67.8 Å². The van der Waals surface area contributed by atoms with Gasteiger partial charge in [0.1, 0.15) is 53.9 Å². The van der Waals surface area contributed by atoms with Crippen molar-refractivity contribution in [1.29, 1.82) is 0 Å². The largest absolute Gasteiger partial charge is 0.417 e. The molecule has 7 rings (SSSR count). The Hall–Kier alpha value is -8.61. The molecule has 3 aliphatic heterocycles. The Kier molecular flexibility index (Phi) is 31.4. The van der Waals surface area contributed by atoms with E-state index in [2.05, 4.69) is 29.1 Å². The number of carbonyl (C=O) groups excluding carboxylic acids is 12. The number of nitrogens with one attached hydrogen (secondary N) is 3. The number of rotatable bonds is 16. The third-order valence-corrected chi connectivity index (χ3v) is 22.6. The van der Waals surface area contributed by atoms with E-state index >= 15 is 43.2 Å². The van der Waals surface area contributed by atoms with Gasteiger partial charge in [0.2, 0.25) is 70.9 Å². The predicted octanol–water partition coefficient (Wildman–Crippen LogP) is 7.06. The molecule has 5 fully saturated rings. The summed E-state index contributed by atoms with van der Waals surface area (Å²) in [5.41, 5.74) is -3.49. The SMILES string of the molecule is C=CCC[C@H]1C(=O)N(CC=C)[C@@H](Cc2ccc(C(F)(F)F)cc2)C(=O)N(C)CC(=O)N[C@@H](CCc2ccc(C(F)(F)F)c(Cl)c2)C(=O)N2CCC[C@H]2C(=O)NC2(CCCC2)C(=O)N(C)[C@@H](C2CCCC2)C(=O)N(C)[C@H](C(=O)N2CCOCC2)CC(=O)N(C)[C@@H](CC(C)C)C(=O)N[C@H](C(C)CC)C(=O)N(C)CC(=O)N1C. The van der Waals surface area contributed by atoms with Crippen LogP contribution in [0.2, 0.25) is 5.02 Å². The second-order valence-corrected chi connectivity index (χ2v) is 30.8. The van der Waals surface area contributed by atoms with Crippen LogP contribution in [0.5, 0.6) is 0 Å². The number of likely N-dealkylation sites (N-methyl/N-ethyl adjacent to an activating group) is 6. The summed E-state index contributed by atoms with van der Waals surface area (Å²) in [5, 5.41) is 7.92. The molecule has 608 valence electrons. The summed E-state index contributed by atoms with van der Waals surface area (Å²) >= 11 is 6.16. The van der Waals surface area contributed by atoms with Crippen molar-refractivity contribution in [3.05, 3.63) is 95.1 Å². The van der Waals surface area contributed by atoms with E-state index < -0.39 is 198 Å². The predicted molar refractivity (Wildman–Crippen MR) is 397 cm³/mol. The van der Waals surface area contributed by atoms with E-state index in [9.17, 15) is 40.7 Å². The fraction of sp³-hybridized carbons (Fsp3) is 0.641. The van der Waals surface area contributed by atoms with E-state index in [1.165, 1.54) is 78.9 Å². The van der Waals surface area contributed by atoms with Crippen LogP contribution >= 0.6 is 11.6 Å². The number of amides is 12. The van der Waals surface area contributed by atoms with Gasteiger partial charge in [0.05, 0.1) is 48.9 Å². The molecular formula is C78H109ClF6N12O13. The molecule has 110 heavy (non-hydrogen) atoms. The Morgan fingerprint density at radius 2 is 1.27 bits per heavy atom. The maximum atomic E-state index is 15.8. The monoisotopic (exact) mass is 1570 g/mol. The summed E-state index contributed by atoms with van der Waals surface area (Å²) in [6.07, 6.45) is -4.40. The minimum absolute atomic E-state index is 0.0478. The minimum atomic E-state index is -4.83. The Labute approximate surface area is 645 Å². The lowest BCUT2D eigenvalue weighted by Gasteiger charge is -2.42. The number of allylic oxidation sites excluding steroid dienone is 1. The number of ether oxygens (including phenoxy) is 1. The Morgan fingerprint density at radius 3 is 1.85 bits per heavy atom. The van der Waals surface area contributed by atoms with E-state index in [1.54, 1.807) is 13.8 Å². The van der Waals surface area contributed by atoms with E-state index in [0.717, 1.165) is 62.1 Å². The molecule has 3 N–H and O–H groups in total. The lowest BCUT2D eigenvalue weighted by molar-refractivity contribution is -0.157. The van der Waals surface area contributed by atoms with E-state index in [-0.39, 0.29) is 108 Å². The highest BCUT2D eigenvalue weighted by molar-refractivity contribution is 6.31. The molecule has 25 nitrogen and oxygen atoms in total. The van der Waals surface area contributed by atoms with Crippen LogP contribution in [0.3, 0.4) is 0 Å². The highest BCUT2D eigenvalue weighted by atomic mass is 35.5. The van der Waals surface area contributed by atoms with Crippen LogP contribution < -0.4 is 16.0 Å². The molecule has 1 unspecified atom stereocenters.